The lowest BCUT2D eigenvalue weighted by atomic mass is 9.80. The van der Waals surface area contributed by atoms with Crippen molar-refractivity contribution in [2.24, 2.45) is 11.3 Å². The number of benzene rings is 1. The Labute approximate surface area is 127 Å². The molecule has 1 rings (SSSR count). The Morgan fingerprint density at radius 1 is 1.29 bits per heavy atom. The lowest BCUT2D eigenvalue weighted by Gasteiger charge is -2.33. The molecule has 0 heterocycles. The van der Waals surface area contributed by atoms with Crippen molar-refractivity contribution in [3.63, 3.8) is 0 Å². The maximum Gasteiger partial charge on any atom is 0.251 e. The average molecular weight is 293 g/mol. The van der Waals surface area contributed by atoms with Gasteiger partial charge in [0, 0.05) is 17.5 Å². The molecule has 1 amide bonds. The molecule has 0 radical (unpaired) electrons. The van der Waals surface area contributed by atoms with E-state index in [9.17, 15) is 9.90 Å². The van der Waals surface area contributed by atoms with Crippen molar-refractivity contribution in [2.45, 2.75) is 40.7 Å². The number of ether oxygens (including phenoxy) is 1. The molecular weight excluding hydrogens is 266 g/mol. The number of amides is 1. The van der Waals surface area contributed by atoms with Gasteiger partial charge in [0.15, 0.2) is 0 Å². The molecule has 2 N–H and O–H groups in total. The van der Waals surface area contributed by atoms with Gasteiger partial charge in [0.25, 0.3) is 5.91 Å². The van der Waals surface area contributed by atoms with Crippen LogP contribution >= 0.6 is 0 Å². The summed E-state index contributed by atoms with van der Waals surface area (Å²) in [6.07, 6.45) is -0.460. The van der Waals surface area contributed by atoms with Gasteiger partial charge in [-0.25, -0.2) is 0 Å². The van der Waals surface area contributed by atoms with Gasteiger partial charge in [0.1, 0.15) is 5.75 Å². The second-order valence-corrected chi connectivity index (χ2v) is 6.32. The molecule has 118 valence electrons. The monoisotopic (exact) mass is 293 g/mol. The van der Waals surface area contributed by atoms with E-state index in [2.05, 4.69) is 5.32 Å². The van der Waals surface area contributed by atoms with Crippen LogP contribution in [0.4, 0.5) is 0 Å². The minimum atomic E-state index is -0.460. The van der Waals surface area contributed by atoms with Crippen molar-refractivity contribution in [3.05, 3.63) is 29.8 Å². The fourth-order valence-electron chi connectivity index (χ4n) is 2.29. The van der Waals surface area contributed by atoms with Gasteiger partial charge in [-0.1, -0.05) is 27.7 Å². The van der Waals surface area contributed by atoms with Crippen LogP contribution in [0.15, 0.2) is 24.3 Å². The molecule has 0 aliphatic heterocycles. The molecule has 0 aliphatic rings. The number of hydrogen-bond acceptors (Lipinski definition) is 3. The highest BCUT2D eigenvalue weighted by Crippen LogP contribution is 2.25. The molecule has 1 aromatic carbocycles. The van der Waals surface area contributed by atoms with Crippen molar-refractivity contribution >= 4 is 5.91 Å². The van der Waals surface area contributed by atoms with Gasteiger partial charge < -0.3 is 15.2 Å². The highest BCUT2D eigenvalue weighted by atomic mass is 16.5. The molecule has 0 saturated heterocycles. The molecule has 4 nitrogen and oxygen atoms in total. The zero-order valence-corrected chi connectivity index (χ0v) is 13.6. The lowest BCUT2D eigenvalue weighted by Crippen LogP contribution is -2.43. The third-order valence-electron chi connectivity index (χ3n) is 3.56. The fraction of sp³-hybridized carbons (Fsp3) is 0.588. The Hall–Kier alpha value is -1.55. The van der Waals surface area contributed by atoms with Gasteiger partial charge in [-0.3, -0.25) is 4.79 Å². The molecule has 1 atom stereocenters. The Balaban J connectivity index is 2.61. The third kappa shape index (κ3) is 5.05. The van der Waals surface area contributed by atoms with Crippen molar-refractivity contribution in [1.82, 2.24) is 5.32 Å². The van der Waals surface area contributed by atoms with Gasteiger partial charge in [-0.05, 0) is 37.1 Å². The quantitative estimate of drug-likeness (QED) is 0.812. The maximum atomic E-state index is 12.1. The normalized spacial score (nSPS) is 13.1. The van der Waals surface area contributed by atoms with E-state index in [4.69, 9.17) is 4.74 Å². The van der Waals surface area contributed by atoms with Crippen molar-refractivity contribution in [1.29, 1.82) is 0 Å². The highest BCUT2D eigenvalue weighted by molar-refractivity contribution is 5.94. The smallest absolute Gasteiger partial charge is 0.251 e. The van der Waals surface area contributed by atoms with Crippen LogP contribution in [0.1, 0.15) is 45.0 Å². The second kappa shape index (κ2) is 7.46. The minimum absolute atomic E-state index is 0.137. The van der Waals surface area contributed by atoms with Crippen LogP contribution in [-0.4, -0.2) is 30.3 Å². The highest BCUT2D eigenvalue weighted by Gasteiger charge is 2.30. The van der Waals surface area contributed by atoms with Gasteiger partial charge in [0.2, 0.25) is 0 Å². The van der Waals surface area contributed by atoms with Crippen molar-refractivity contribution in [2.75, 3.05) is 13.2 Å². The van der Waals surface area contributed by atoms with Gasteiger partial charge in [-0.15, -0.1) is 0 Å². The first-order valence-corrected chi connectivity index (χ1v) is 7.47. The largest absolute Gasteiger partial charge is 0.494 e. The molecule has 0 spiro atoms. The van der Waals surface area contributed by atoms with E-state index in [1.165, 1.54) is 0 Å². The number of hydrogen-bond donors (Lipinski definition) is 2. The molecule has 1 aromatic rings. The van der Waals surface area contributed by atoms with Crippen LogP contribution in [0, 0.1) is 11.3 Å². The van der Waals surface area contributed by atoms with E-state index in [-0.39, 0.29) is 17.2 Å². The second-order valence-electron chi connectivity index (χ2n) is 6.32. The average Bonchev–Trinajstić information content (AvgIpc) is 2.45. The standard InChI is InChI=1S/C17H27NO3/c1-6-21-14-9-7-13(8-10-14)16(20)18-11-17(4,5)15(19)12(2)3/h7-10,12,15,19H,6,11H2,1-5H3,(H,18,20). The topological polar surface area (TPSA) is 58.6 Å². The maximum absolute atomic E-state index is 12.1. The Kier molecular flexibility index (Phi) is 6.21. The van der Waals surface area contributed by atoms with E-state index >= 15 is 0 Å². The van der Waals surface area contributed by atoms with E-state index in [0.29, 0.717) is 18.7 Å². The number of rotatable bonds is 7. The summed E-state index contributed by atoms with van der Waals surface area (Å²) in [7, 11) is 0. The van der Waals surface area contributed by atoms with E-state index in [1.54, 1.807) is 24.3 Å². The number of nitrogens with one attached hydrogen (secondary N) is 1. The summed E-state index contributed by atoms with van der Waals surface area (Å²) in [4.78, 5) is 12.1. The molecule has 1 unspecified atom stereocenters. The van der Waals surface area contributed by atoms with Crippen LogP contribution in [-0.2, 0) is 0 Å². The summed E-state index contributed by atoms with van der Waals surface area (Å²) in [6, 6.07) is 7.05. The number of carbonyl (C=O) groups is 1. The van der Waals surface area contributed by atoms with Gasteiger partial charge in [0.05, 0.1) is 12.7 Å². The molecular formula is C17H27NO3. The minimum Gasteiger partial charge on any atom is -0.494 e. The fourth-order valence-corrected chi connectivity index (χ4v) is 2.29. The van der Waals surface area contributed by atoms with Crippen LogP contribution in [0.3, 0.4) is 0 Å². The number of carbonyl (C=O) groups excluding carboxylic acids is 1. The van der Waals surface area contributed by atoms with E-state index < -0.39 is 6.10 Å². The summed E-state index contributed by atoms with van der Waals surface area (Å²) in [5, 5.41) is 13.1. The molecule has 0 fully saturated rings. The van der Waals surface area contributed by atoms with Crippen LogP contribution in [0.25, 0.3) is 0 Å². The first-order valence-electron chi connectivity index (χ1n) is 7.47. The zero-order chi connectivity index (χ0) is 16.0. The van der Waals surface area contributed by atoms with Crippen LogP contribution in [0.2, 0.25) is 0 Å². The number of aliphatic hydroxyl groups excluding tert-OH is 1. The summed E-state index contributed by atoms with van der Waals surface area (Å²) < 4.78 is 5.35. The van der Waals surface area contributed by atoms with Crippen LogP contribution in [0.5, 0.6) is 5.75 Å². The summed E-state index contributed by atoms with van der Waals surface area (Å²) >= 11 is 0. The SMILES string of the molecule is CCOc1ccc(C(=O)NCC(C)(C)C(O)C(C)C)cc1. The molecule has 0 bridgehead atoms. The summed E-state index contributed by atoms with van der Waals surface area (Å²) in [5.41, 5.74) is 0.225. The van der Waals surface area contributed by atoms with Gasteiger partial charge >= 0.3 is 0 Å². The predicted molar refractivity (Wildman–Crippen MR) is 84.6 cm³/mol. The predicted octanol–water partition coefficient (Wildman–Crippen LogP) is 2.86. The Morgan fingerprint density at radius 3 is 2.33 bits per heavy atom. The molecule has 4 heteroatoms. The third-order valence-corrected chi connectivity index (χ3v) is 3.56. The lowest BCUT2D eigenvalue weighted by molar-refractivity contribution is 0.0138. The molecule has 21 heavy (non-hydrogen) atoms. The number of aliphatic hydroxyl groups is 1. The molecule has 0 aliphatic carbocycles. The summed E-state index contributed by atoms with van der Waals surface area (Å²) in [6.45, 7) is 10.8. The van der Waals surface area contributed by atoms with Crippen LogP contribution < -0.4 is 10.1 Å². The molecule has 0 aromatic heterocycles. The van der Waals surface area contributed by atoms with E-state index in [0.717, 1.165) is 5.75 Å². The molecule has 0 saturated carbocycles. The Bertz CT molecular complexity index is 452. The first kappa shape index (κ1) is 17.5. The van der Waals surface area contributed by atoms with Crippen molar-refractivity contribution < 1.29 is 14.6 Å². The van der Waals surface area contributed by atoms with Gasteiger partial charge in [-0.2, -0.15) is 0 Å². The first-order chi connectivity index (χ1) is 9.77. The summed E-state index contributed by atoms with van der Waals surface area (Å²) in [5.74, 6) is 0.772. The zero-order valence-electron chi connectivity index (χ0n) is 13.6. The van der Waals surface area contributed by atoms with Crippen molar-refractivity contribution in [3.8, 4) is 5.75 Å². The Morgan fingerprint density at radius 2 is 1.86 bits per heavy atom. The van der Waals surface area contributed by atoms with E-state index in [1.807, 2.05) is 34.6 Å².